The first-order valence-corrected chi connectivity index (χ1v) is 13.2. The second kappa shape index (κ2) is 16.7. The number of benzene rings is 1. The van der Waals surface area contributed by atoms with Crippen molar-refractivity contribution in [3.63, 3.8) is 0 Å². The Kier molecular flexibility index (Phi) is 14.5. The first-order chi connectivity index (χ1) is 17.5. The number of carbonyl (C=O) groups is 4. The minimum absolute atomic E-state index is 0.0620. The topological polar surface area (TPSA) is 177 Å². The molecule has 0 bridgehead atoms. The number of hydrogen-bond donors (Lipinski definition) is 6. The van der Waals surface area contributed by atoms with Crippen LogP contribution in [0.3, 0.4) is 0 Å². The van der Waals surface area contributed by atoms with Gasteiger partial charge in [-0.05, 0) is 43.2 Å². The molecule has 1 aromatic carbocycles. The number of nitrogens with one attached hydrogen (secondary N) is 3. The third-order valence-electron chi connectivity index (χ3n) is 6.83. The lowest BCUT2D eigenvalue weighted by molar-refractivity contribution is -0.142. The Morgan fingerprint density at radius 2 is 1.43 bits per heavy atom. The number of amides is 3. The highest BCUT2D eigenvalue weighted by molar-refractivity contribution is 5.94. The van der Waals surface area contributed by atoms with E-state index in [1.807, 2.05) is 33.8 Å². The molecule has 0 fully saturated rings. The van der Waals surface area contributed by atoms with Crippen molar-refractivity contribution in [1.29, 1.82) is 0 Å². The van der Waals surface area contributed by atoms with E-state index in [0.29, 0.717) is 32.2 Å². The number of unbranched alkanes of at least 4 members (excludes halogenated alkanes) is 1. The Morgan fingerprint density at radius 3 is 1.97 bits per heavy atom. The summed E-state index contributed by atoms with van der Waals surface area (Å²) >= 11 is 0. The molecule has 0 spiro atoms. The number of aliphatic carboxylic acids is 1. The molecule has 0 aliphatic carbocycles. The molecule has 208 valence electrons. The summed E-state index contributed by atoms with van der Waals surface area (Å²) in [6, 6.07) is 5.18. The van der Waals surface area contributed by atoms with Crippen LogP contribution in [-0.4, -0.2) is 59.5 Å². The third-order valence-corrected chi connectivity index (χ3v) is 6.83. The summed E-state index contributed by atoms with van der Waals surface area (Å²) in [6.45, 7) is 7.96. The molecule has 0 saturated carbocycles. The zero-order valence-electron chi connectivity index (χ0n) is 22.5. The summed E-state index contributed by atoms with van der Waals surface area (Å²) in [4.78, 5) is 51.1. The van der Waals surface area contributed by atoms with Gasteiger partial charge in [-0.1, -0.05) is 70.9 Å². The maximum Gasteiger partial charge on any atom is 0.326 e. The van der Waals surface area contributed by atoms with Crippen LogP contribution in [0.1, 0.15) is 65.4 Å². The minimum Gasteiger partial charge on any atom is -0.480 e. The third kappa shape index (κ3) is 10.9. The molecule has 8 N–H and O–H groups in total. The molecular formula is C27H45N5O5. The van der Waals surface area contributed by atoms with Crippen molar-refractivity contribution in [2.75, 3.05) is 6.54 Å². The van der Waals surface area contributed by atoms with Gasteiger partial charge in [0.15, 0.2) is 0 Å². The number of carbonyl (C=O) groups excluding carboxylic acids is 3. The lowest BCUT2D eigenvalue weighted by atomic mass is 9.95. The van der Waals surface area contributed by atoms with E-state index in [0.717, 1.165) is 5.56 Å². The van der Waals surface area contributed by atoms with E-state index in [-0.39, 0.29) is 24.7 Å². The van der Waals surface area contributed by atoms with Crippen LogP contribution >= 0.6 is 0 Å². The van der Waals surface area contributed by atoms with Gasteiger partial charge in [0.25, 0.3) is 0 Å². The summed E-state index contributed by atoms with van der Waals surface area (Å²) in [5.74, 6) is -2.99. The molecule has 0 heterocycles. The second-order valence-corrected chi connectivity index (χ2v) is 9.72. The zero-order chi connectivity index (χ0) is 28.0. The molecule has 6 atom stereocenters. The molecule has 37 heavy (non-hydrogen) atoms. The van der Waals surface area contributed by atoms with E-state index in [1.54, 1.807) is 24.3 Å². The lowest BCUT2D eigenvalue weighted by Crippen LogP contribution is -2.59. The van der Waals surface area contributed by atoms with E-state index in [1.165, 1.54) is 0 Å². The minimum atomic E-state index is -1.17. The summed E-state index contributed by atoms with van der Waals surface area (Å²) < 4.78 is 0. The van der Waals surface area contributed by atoms with E-state index in [9.17, 15) is 24.3 Å². The molecule has 10 heteroatoms. The Balaban J connectivity index is 3.04. The predicted octanol–water partition coefficient (Wildman–Crippen LogP) is 1.32. The van der Waals surface area contributed by atoms with Crippen LogP contribution in [-0.2, 0) is 25.6 Å². The first-order valence-electron chi connectivity index (χ1n) is 13.2. The van der Waals surface area contributed by atoms with Crippen molar-refractivity contribution < 1.29 is 24.3 Å². The maximum atomic E-state index is 13.3. The van der Waals surface area contributed by atoms with Gasteiger partial charge in [-0.25, -0.2) is 4.79 Å². The van der Waals surface area contributed by atoms with Crippen LogP contribution in [0, 0.1) is 11.8 Å². The van der Waals surface area contributed by atoms with E-state index in [2.05, 4.69) is 16.0 Å². The van der Waals surface area contributed by atoms with Gasteiger partial charge < -0.3 is 32.5 Å². The van der Waals surface area contributed by atoms with Crippen molar-refractivity contribution in [2.24, 2.45) is 23.3 Å². The quantitative estimate of drug-likeness (QED) is 0.168. The normalized spacial score (nSPS) is 15.9. The number of carboxylic acid groups (broad SMARTS) is 1. The van der Waals surface area contributed by atoms with Gasteiger partial charge in [0.1, 0.15) is 18.1 Å². The van der Waals surface area contributed by atoms with E-state index < -0.39 is 47.9 Å². The Labute approximate surface area is 220 Å². The van der Waals surface area contributed by atoms with Gasteiger partial charge in [0.2, 0.25) is 17.7 Å². The summed E-state index contributed by atoms with van der Waals surface area (Å²) in [5.41, 5.74) is 12.4. The fourth-order valence-corrected chi connectivity index (χ4v) is 3.81. The molecule has 0 aliphatic rings. The van der Waals surface area contributed by atoms with Crippen LogP contribution in [0.5, 0.6) is 0 Å². The molecular weight excluding hydrogens is 474 g/mol. The van der Waals surface area contributed by atoms with Crippen molar-refractivity contribution in [2.45, 2.75) is 90.4 Å². The molecule has 1 aromatic rings. The highest BCUT2D eigenvalue weighted by atomic mass is 16.4. The molecule has 0 aliphatic heterocycles. The molecule has 3 amide bonds. The number of carboxylic acids is 1. The van der Waals surface area contributed by atoms with Crippen molar-refractivity contribution in [3.8, 4) is 0 Å². The van der Waals surface area contributed by atoms with Gasteiger partial charge in [0, 0.05) is 6.42 Å². The van der Waals surface area contributed by atoms with Crippen molar-refractivity contribution in [3.05, 3.63) is 35.9 Å². The Hall–Kier alpha value is -2.98. The maximum absolute atomic E-state index is 13.3. The highest BCUT2D eigenvalue weighted by Gasteiger charge is 2.33. The number of hydrogen-bond acceptors (Lipinski definition) is 6. The largest absolute Gasteiger partial charge is 0.480 e. The van der Waals surface area contributed by atoms with Crippen LogP contribution in [0.2, 0.25) is 0 Å². The summed E-state index contributed by atoms with van der Waals surface area (Å²) in [5, 5.41) is 17.8. The van der Waals surface area contributed by atoms with Crippen molar-refractivity contribution in [1.82, 2.24) is 16.0 Å². The average Bonchev–Trinajstić information content (AvgIpc) is 2.89. The predicted molar refractivity (Wildman–Crippen MR) is 143 cm³/mol. The van der Waals surface area contributed by atoms with E-state index in [4.69, 9.17) is 11.5 Å². The molecule has 0 aromatic heterocycles. The number of rotatable bonds is 17. The van der Waals surface area contributed by atoms with Gasteiger partial charge >= 0.3 is 5.97 Å². The van der Waals surface area contributed by atoms with Gasteiger partial charge in [0.05, 0.1) is 6.04 Å². The smallest absolute Gasteiger partial charge is 0.326 e. The highest BCUT2D eigenvalue weighted by Crippen LogP contribution is 2.12. The standard InChI is InChI=1S/C27H45N5O5/c1-5-17(3)22(29)25(34)32-23(18(4)6-2)26(35)30-20(14-10-11-15-28)24(33)31-21(27(36)37)16-19-12-8-7-9-13-19/h7-9,12-13,17-18,20-23H,5-6,10-11,14-16,28-29H2,1-4H3,(H,30,35)(H,31,33)(H,32,34)(H,36,37). The molecule has 0 saturated heterocycles. The Bertz CT molecular complexity index is 866. The van der Waals surface area contributed by atoms with Crippen LogP contribution in [0.4, 0.5) is 0 Å². The molecule has 6 unspecified atom stereocenters. The van der Waals surface area contributed by atoms with Gasteiger partial charge in [-0.15, -0.1) is 0 Å². The van der Waals surface area contributed by atoms with E-state index >= 15 is 0 Å². The van der Waals surface area contributed by atoms with Crippen LogP contribution < -0.4 is 27.4 Å². The molecule has 1 rings (SSSR count). The zero-order valence-corrected chi connectivity index (χ0v) is 22.5. The number of nitrogens with two attached hydrogens (primary N) is 2. The van der Waals surface area contributed by atoms with Crippen molar-refractivity contribution >= 4 is 23.7 Å². The molecule has 10 nitrogen and oxygen atoms in total. The fourth-order valence-electron chi connectivity index (χ4n) is 3.81. The van der Waals surface area contributed by atoms with Gasteiger partial charge in [-0.3, -0.25) is 14.4 Å². The van der Waals surface area contributed by atoms with Crippen LogP contribution in [0.25, 0.3) is 0 Å². The van der Waals surface area contributed by atoms with Crippen LogP contribution in [0.15, 0.2) is 30.3 Å². The summed E-state index contributed by atoms with van der Waals surface area (Å²) in [7, 11) is 0. The SMILES string of the molecule is CCC(C)C(N)C(=O)NC(C(=O)NC(CCCCN)C(=O)NC(Cc1ccccc1)C(=O)O)C(C)CC. The lowest BCUT2D eigenvalue weighted by Gasteiger charge is -2.29. The summed E-state index contributed by atoms with van der Waals surface area (Å²) in [6.07, 6.45) is 2.90. The second-order valence-electron chi connectivity index (χ2n) is 9.72. The first kappa shape index (κ1) is 32.0. The molecule has 0 radical (unpaired) electrons. The monoisotopic (exact) mass is 519 g/mol. The fraction of sp³-hybridized carbons (Fsp3) is 0.630. The average molecular weight is 520 g/mol. The Morgan fingerprint density at radius 1 is 0.838 bits per heavy atom. The van der Waals surface area contributed by atoms with Gasteiger partial charge in [-0.2, -0.15) is 0 Å².